The van der Waals surface area contributed by atoms with Crippen molar-refractivity contribution < 1.29 is 19.5 Å². The van der Waals surface area contributed by atoms with Gasteiger partial charge in [-0.2, -0.15) is 0 Å². The first-order valence-electron chi connectivity index (χ1n) is 10.1. The van der Waals surface area contributed by atoms with E-state index >= 15 is 0 Å². The number of rotatable bonds is 6. The van der Waals surface area contributed by atoms with Crippen LogP contribution in [0.3, 0.4) is 0 Å². The van der Waals surface area contributed by atoms with E-state index in [9.17, 15) is 19.5 Å². The fraction of sp³-hybridized carbons (Fsp3) is 0.130. The molecule has 0 aliphatic carbocycles. The van der Waals surface area contributed by atoms with Gasteiger partial charge in [-0.15, -0.1) is 0 Å². The standard InChI is InChI=1S/C23H19Cl2N5O4/c1-11(31)28-14-5-2-12(3-6-14)18(20(26)32)30-19-16(23(33)34)8-9-27-21(19)29-22(30)15-7-4-13(24)10-17(15)25/h2-10,18,22H,1H3,(H2,26,32)(H,27,29)(H,28,31)(H,33,34). The summed E-state index contributed by atoms with van der Waals surface area (Å²) in [6.45, 7) is 1.38. The molecule has 5 N–H and O–H groups in total. The van der Waals surface area contributed by atoms with Crippen molar-refractivity contribution in [3.8, 4) is 0 Å². The van der Waals surface area contributed by atoms with Crippen LogP contribution in [-0.4, -0.2) is 27.9 Å². The molecule has 2 heterocycles. The molecule has 1 aliphatic heterocycles. The smallest absolute Gasteiger partial charge is 0.338 e. The molecule has 4 rings (SSSR count). The zero-order chi connectivity index (χ0) is 24.6. The molecule has 2 unspecified atom stereocenters. The molecule has 2 amide bonds. The topological polar surface area (TPSA) is 138 Å². The molecule has 3 aromatic rings. The highest BCUT2D eigenvalue weighted by atomic mass is 35.5. The Morgan fingerprint density at radius 3 is 2.44 bits per heavy atom. The van der Waals surface area contributed by atoms with Crippen LogP contribution in [0.2, 0.25) is 10.0 Å². The zero-order valence-electron chi connectivity index (χ0n) is 17.8. The van der Waals surface area contributed by atoms with Crippen LogP contribution in [-0.2, 0) is 9.59 Å². The summed E-state index contributed by atoms with van der Waals surface area (Å²) in [4.78, 5) is 42.1. The number of aromatic nitrogens is 1. The number of carbonyl (C=O) groups is 3. The fourth-order valence-corrected chi connectivity index (χ4v) is 4.48. The van der Waals surface area contributed by atoms with E-state index in [0.717, 1.165) is 0 Å². The summed E-state index contributed by atoms with van der Waals surface area (Å²) in [6, 6.07) is 11.6. The minimum Gasteiger partial charge on any atom is -0.478 e. The summed E-state index contributed by atoms with van der Waals surface area (Å²) >= 11 is 12.5. The first-order chi connectivity index (χ1) is 16.2. The molecule has 174 valence electrons. The number of amides is 2. The van der Waals surface area contributed by atoms with Gasteiger partial charge < -0.3 is 26.4 Å². The molecule has 2 atom stereocenters. The molecule has 1 aromatic heterocycles. The fourth-order valence-electron chi connectivity index (χ4n) is 3.96. The molecule has 2 aromatic carbocycles. The molecule has 9 nitrogen and oxygen atoms in total. The number of carboxylic acids is 1. The summed E-state index contributed by atoms with van der Waals surface area (Å²) in [7, 11) is 0. The van der Waals surface area contributed by atoms with Gasteiger partial charge in [-0.1, -0.05) is 41.4 Å². The highest BCUT2D eigenvalue weighted by Gasteiger charge is 2.42. The number of hydrogen-bond acceptors (Lipinski definition) is 6. The Labute approximate surface area is 204 Å². The number of nitrogens with one attached hydrogen (secondary N) is 2. The largest absolute Gasteiger partial charge is 0.478 e. The first-order valence-corrected chi connectivity index (χ1v) is 10.8. The Bertz CT molecular complexity index is 1300. The van der Waals surface area contributed by atoms with Crippen molar-refractivity contribution in [1.29, 1.82) is 0 Å². The van der Waals surface area contributed by atoms with Crippen molar-refractivity contribution in [3.05, 3.63) is 81.5 Å². The van der Waals surface area contributed by atoms with Crippen LogP contribution >= 0.6 is 23.2 Å². The van der Waals surface area contributed by atoms with Crippen LogP contribution in [0.5, 0.6) is 0 Å². The maximum atomic E-state index is 12.8. The van der Waals surface area contributed by atoms with Gasteiger partial charge in [0.2, 0.25) is 11.8 Å². The highest BCUT2D eigenvalue weighted by molar-refractivity contribution is 6.35. The second-order valence-corrected chi connectivity index (χ2v) is 8.43. The molecule has 34 heavy (non-hydrogen) atoms. The lowest BCUT2D eigenvalue weighted by molar-refractivity contribution is -0.119. The second kappa shape index (κ2) is 9.20. The van der Waals surface area contributed by atoms with Gasteiger partial charge in [0.05, 0.1) is 11.3 Å². The SMILES string of the molecule is CC(=O)Nc1ccc(C(C(N)=O)N2c3c(C(=O)O)ccnc3NC2c2ccc(Cl)cc2Cl)cc1. The van der Waals surface area contributed by atoms with Gasteiger partial charge in [0.1, 0.15) is 12.2 Å². The van der Waals surface area contributed by atoms with Crippen LogP contribution in [0.4, 0.5) is 17.2 Å². The summed E-state index contributed by atoms with van der Waals surface area (Å²) in [5.41, 5.74) is 7.54. The zero-order valence-corrected chi connectivity index (χ0v) is 19.3. The molecular formula is C23H19Cl2N5O4. The number of aromatic carboxylic acids is 1. The predicted molar refractivity (Wildman–Crippen MR) is 129 cm³/mol. The average Bonchev–Trinajstić information content (AvgIpc) is 3.13. The Kier molecular flexibility index (Phi) is 6.32. The molecular weight excluding hydrogens is 481 g/mol. The predicted octanol–water partition coefficient (Wildman–Crippen LogP) is 4.20. The number of benzene rings is 2. The second-order valence-electron chi connectivity index (χ2n) is 7.59. The Morgan fingerprint density at radius 2 is 1.85 bits per heavy atom. The van der Waals surface area contributed by atoms with Gasteiger partial charge in [-0.05, 0) is 35.9 Å². The molecule has 0 saturated heterocycles. The van der Waals surface area contributed by atoms with Gasteiger partial charge in [0, 0.05) is 34.4 Å². The summed E-state index contributed by atoms with van der Waals surface area (Å²) in [6.07, 6.45) is 0.584. The van der Waals surface area contributed by atoms with Crippen molar-refractivity contribution in [3.63, 3.8) is 0 Å². The van der Waals surface area contributed by atoms with Gasteiger partial charge >= 0.3 is 5.97 Å². The molecule has 1 aliphatic rings. The Balaban J connectivity index is 1.90. The molecule has 0 fully saturated rings. The minimum atomic E-state index is -1.20. The first kappa shape index (κ1) is 23.3. The normalized spacial score (nSPS) is 15.3. The summed E-state index contributed by atoms with van der Waals surface area (Å²) in [5, 5.41) is 16.4. The van der Waals surface area contributed by atoms with E-state index < -0.39 is 24.1 Å². The third kappa shape index (κ3) is 4.35. The lowest BCUT2D eigenvalue weighted by Gasteiger charge is -2.34. The number of primary amides is 1. The van der Waals surface area contributed by atoms with Crippen LogP contribution in [0.25, 0.3) is 0 Å². The lowest BCUT2D eigenvalue weighted by Crippen LogP contribution is -2.40. The summed E-state index contributed by atoms with van der Waals surface area (Å²) in [5.74, 6) is -1.90. The summed E-state index contributed by atoms with van der Waals surface area (Å²) < 4.78 is 0. The Hall–Kier alpha value is -3.82. The molecule has 0 saturated carbocycles. The van der Waals surface area contributed by atoms with Crippen molar-refractivity contribution in [1.82, 2.24) is 4.98 Å². The van der Waals surface area contributed by atoms with Crippen LogP contribution in [0.1, 0.15) is 40.6 Å². The number of fused-ring (bicyclic) bond motifs is 1. The van der Waals surface area contributed by atoms with E-state index in [-0.39, 0.29) is 23.0 Å². The average molecular weight is 500 g/mol. The van der Waals surface area contributed by atoms with E-state index in [1.54, 1.807) is 47.4 Å². The third-order valence-electron chi connectivity index (χ3n) is 5.32. The molecule has 0 spiro atoms. The van der Waals surface area contributed by atoms with E-state index in [1.807, 2.05) is 0 Å². The van der Waals surface area contributed by atoms with Crippen molar-refractivity contribution >= 4 is 58.2 Å². The van der Waals surface area contributed by atoms with E-state index in [0.29, 0.717) is 26.9 Å². The molecule has 0 bridgehead atoms. The van der Waals surface area contributed by atoms with Crippen molar-refractivity contribution in [2.24, 2.45) is 5.73 Å². The number of nitrogens with two attached hydrogens (primary N) is 1. The van der Waals surface area contributed by atoms with Crippen molar-refractivity contribution in [2.75, 3.05) is 15.5 Å². The van der Waals surface area contributed by atoms with Gasteiger partial charge in [-0.25, -0.2) is 9.78 Å². The maximum Gasteiger partial charge on any atom is 0.338 e. The number of nitrogens with zero attached hydrogens (tertiary/aromatic N) is 2. The van der Waals surface area contributed by atoms with Gasteiger partial charge in [-0.3, -0.25) is 9.59 Å². The molecule has 0 radical (unpaired) electrons. The van der Waals surface area contributed by atoms with Gasteiger partial charge in [0.25, 0.3) is 0 Å². The van der Waals surface area contributed by atoms with Crippen molar-refractivity contribution in [2.45, 2.75) is 19.1 Å². The minimum absolute atomic E-state index is 0.0637. The number of anilines is 3. The number of halogens is 2. The Morgan fingerprint density at radius 1 is 1.15 bits per heavy atom. The van der Waals surface area contributed by atoms with E-state index in [4.69, 9.17) is 28.9 Å². The van der Waals surface area contributed by atoms with Crippen LogP contribution in [0, 0.1) is 0 Å². The maximum absolute atomic E-state index is 12.8. The number of carboxylic acid groups (broad SMARTS) is 1. The van der Waals surface area contributed by atoms with Crippen LogP contribution < -0.4 is 21.3 Å². The molecule has 11 heteroatoms. The number of hydrogen-bond donors (Lipinski definition) is 4. The third-order valence-corrected chi connectivity index (χ3v) is 5.88. The number of pyridine rings is 1. The quantitative estimate of drug-likeness (QED) is 0.398. The van der Waals surface area contributed by atoms with Crippen LogP contribution in [0.15, 0.2) is 54.7 Å². The van der Waals surface area contributed by atoms with E-state index in [2.05, 4.69) is 15.6 Å². The lowest BCUT2D eigenvalue weighted by atomic mass is 10.0. The highest BCUT2D eigenvalue weighted by Crippen LogP contribution is 2.48. The number of carbonyl (C=O) groups excluding carboxylic acids is 2. The monoisotopic (exact) mass is 499 g/mol. The van der Waals surface area contributed by atoms with E-state index in [1.165, 1.54) is 19.2 Å². The van der Waals surface area contributed by atoms with Gasteiger partial charge in [0.15, 0.2) is 5.82 Å².